The van der Waals surface area contributed by atoms with Gasteiger partial charge in [-0.3, -0.25) is 4.79 Å². The Morgan fingerprint density at radius 1 is 1.64 bits per heavy atom. The van der Waals surface area contributed by atoms with Crippen LogP contribution in [-0.2, 0) is 4.79 Å². The first-order valence-electron chi connectivity index (χ1n) is 5.17. The molecule has 3 N–H and O–H groups in total. The molecule has 82 valence electrons. The van der Waals surface area contributed by atoms with Gasteiger partial charge in [-0.25, -0.2) is 0 Å². The van der Waals surface area contributed by atoms with Crippen molar-refractivity contribution in [1.29, 1.82) is 0 Å². The molecular formula is C10H20N2O2. The third kappa shape index (κ3) is 2.69. The first-order chi connectivity index (χ1) is 6.43. The first-order valence-corrected chi connectivity index (χ1v) is 5.17. The molecule has 0 bridgehead atoms. The quantitative estimate of drug-likeness (QED) is 0.601. The summed E-state index contributed by atoms with van der Waals surface area (Å²) in [5.41, 5.74) is -0.554. The van der Waals surface area contributed by atoms with Crippen molar-refractivity contribution in [1.82, 2.24) is 10.6 Å². The largest absolute Gasteiger partial charge is 0.391 e. The van der Waals surface area contributed by atoms with Gasteiger partial charge in [-0.05, 0) is 40.2 Å². The normalized spacial score (nSPS) is 24.7. The second kappa shape index (κ2) is 4.28. The van der Waals surface area contributed by atoms with Crippen LogP contribution in [-0.4, -0.2) is 35.2 Å². The summed E-state index contributed by atoms with van der Waals surface area (Å²) in [6, 6.07) is -0.0759. The average molecular weight is 200 g/mol. The van der Waals surface area contributed by atoms with E-state index < -0.39 is 11.6 Å². The highest BCUT2D eigenvalue weighted by Crippen LogP contribution is 2.11. The fourth-order valence-corrected chi connectivity index (χ4v) is 1.42. The van der Waals surface area contributed by atoms with Crippen molar-refractivity contribution in [2.24, 2.45) is 0 Å². The van der Waals surface area contributed by atoms with Crippen molar-refractivity contribution in [2.45, 2.75) is 51.3 Å². The van der Waals surface area contributed by atoms with Crippen LogP contribution in [0, 0.1) is 0 Å². The molecule has 4 nitrogen and oxygen atoms in total. The molecule has 0 aliphatic carbocycles. The van der Waals surface area contributed by atoms with Crippen LogP contribution in [0.3, 0.4) is 0 Å². The van der Waals surface area contributed by atoms with Gasteiger partial charge in [0.2, 0.25) is 5.91 Å². The molecule has 14 heavy (non-hydrogen) atoms. The van der Waals surface area contributed by atoms with Crippen molar-refractivity contribution in [2.75, 3.05) is 6.54 Å². The minimum Gasteiger partial charge on any atom is -0.391 e. The van der Waals surface area contributed by atoms with Crippen molar-refractivity contribution >= 4 is 5.91 Å². The first kappa shape index (κ1) is 11.5. The maximum atomic E-state index is 11.7. The number of amides is 1. The van der Waals surface area contributed by atoms with Crippen LogP contribution in [0.5, 0.6) is 0 Å². The maximum Gasteiger partial charge on any atom is 0.237 e. The van der Waals surface area contributed by atoms with Gasteiger partial charge in [0.15, 0.2) is 0 Å². The van der Waals surface area contributed by atoms with Crippen LogP contribution in [0.1, 0.15) is 33.6 Å². The van der Waals surface area contributed by atoms with E-state index in [-0.39, 0.29) is 11.9 Å². The van der Waals surface area contributed by atoms with Crippen LogP contribution in [0.15, 0.2) is 0 Å². The molecule has 0 aromatic rings. The van der Waals surface area contributed by atoms with E-state index in [0.717, 1.165) is 19.4 Å². The van der Waals surface area contributed by atoms with E-state index in [9.17, 15) is 9.90 Å². The maximum absolute atomic E-state index is 11.7. The number of aliphatic hydroxyl groups is 1. The topological polar surface area (TPSA) is 61.4 Å². The Bertz CT molecular complexity index is 208. The summed E-state index contributed by atoms with van der Waals surface area (Å²) in [6.07, 6.45) is 1.39. The lowest BCUT2D eigenvalue weighted by Gasteiger charge is -2.30. The molecule has 1 amide bonds. The summed E-state index contributed by atoms with van der Waals surface area (Å²) in [7, 11) is 0. The molecule has 1 rings (SSSR count). The van der Waals surface area contributed by atoms with E-state index in [2.05, 4.69) is 10.6 Å². The Balaban J connectivity index is 2.46. The minimum atomic E-state index is -0.554. The van der Waals surface area contributed by atoms with E-state index in [1.807, 2.05) is 13.8 Å². The molecule has 0 spiro atoms. The van der Waals surface area contributed by atoms with E-state index in [1.165, 1.54) is 0 Å². The number of hydrogen-bond acceptors (Lipinski definition) is 3. The predicted octanol–water partition coefficient (Wildman–Crippen LogP) is 0.0140. The summed E-state index contributed by atoms with van der Waals surface area (Å²) >= 11 is 0. The number of carbonyl (C=O) groups excluding carboxylic acids is 1. The molecule has 0 aromatic heterocycles. The lowest BCUT2D eigenvalue weighted by Crippen LogP contribution is -2.55. The third-order valence-corrected chi connectivity index (χ3v) is 2.87. The number of aliphatic hydroxyl groups excluding tert-OH is 1. The third-order valence-electron chi connectivity index (χ3n) is 2.87. The van der Waals surface area contributed by atoms with E-state index in [1.54, 1.807) is 6.92 Å². The highest BCUT2D eigenvalue weighted by Gasteiger charge is 2.30. The van der Waals surface area contributed by atoms with E-state index in [0.29, 0.717) is 0 Å². The van der Waals surface area contributed by atoms with Gasteiger partial charge in [0.25, 0.3) is 0 Å². The summed E-state index contributed by atoms with van der Waals surface area (Å²) in [6.45, 7) is 6.24. The number of hydrogen-bond donors (Lipinski definition) is 3. The molecule has 1 fully saturated rings. The lowest BCUT2D eigenvalue weighted by atomic mass is 9.98. The second-order valence-electron chi connectivity index (χ2n) is 4.54. The molecule has 1 unspecified atom stereocenters. The van der Waals surface area contributed by atoms with Gasteiger partial charge in [-0.15, -0.1) is 0 Å². The molecule has 0 saturated carbocycles. The van der Waals surface area contributed by atoms with Crippen LogP contribution in [0.25, 0.3) is 0 Å². The molecular weight excluding hydrogens is 180 g/mol. The average Bonchev–Trinajstić information content (AvgIpc) is 2.54. The Labute approximate surface area is 85.1 Å². The minimum absolute atomic E-state index is 0.00611. The zero-order chi connectivity index (χ0) is 10.8. The molecule has 4 heteroatoms. The monoisotopic (exact) mass is 200 g/mol. The van der Waals surface area contributed by atoms with Crippen molar-refractivity contribution < 1.29 is 9.90 Å². The van der Waals surface area contributed by atoms with Crippen molar-refractivity contribution in [3.05, 3.63) is 0 Å². The molecule has 1 aliphatic rings. The second-order valence-corrected chi connectivity index (χ2v) is 4.54. The summed E-state index contributed by atoms with van der Waals surface area (Å²) in [5, 5.41) is 15.4. The Kier molecular flexibility index (Phi) is 3.50. The van der Waals surface area contributed by atoms with E-state index in [4.69, 9.17) is 0 Å². The number of nitrogens with one attached hydrogen (secondary N) is 2. The van der Waals surface area contributed by atoms with Gasteiger partial charge >= 0.3 is 0 Å². The van der Waals surface area contributed by atoms with Gasteiger partial charge in [0, 0.05) is 0 Å². The zero-order valence-corrected chi connectivity index (χ0v) is 9.13. The van der Waals surface area contributed by atoms with Gasteiger partial charge in [-0.1, -0.05) is 0 Å². The molecule has 0 radical (unpaired) electrons. The molecule has 1 aliphatic heterocycles. The highest BCUT2D eigenvalue weighted by atomic mass is 16.3. The number of carbonyl (C=O) groups is 1. The highest BCUT2D eigenvalue weighted by molar-refractivity contribution is 5.82. The van der Waals surface area contributed by atoms with Crippen LogP contribution in [0.2, 0.25) is 0 Å². The fourth-order valence-electron chi connectivity index (χ4n) is 1.42. The van der Waals surface area contributed by atoms with Gasteiger partial charge in [0.1, 0.15) is 0 Å². The Hall–Kier alpha value is -0.610. The smallest absolute Gasteiger partial charge is 0.237 e. The van der Waals surface area contributed by atoms with Gasteiger partial charge < -0.3 is 15.7 Å². The van der Waals surface area contributed by atoms with Gasteiger partial charge in [-0.2, -0.15) is 0 Å². The fraction of sp³-hybridized carbons (Fsp3) is 0.900. The number of rotatable bonds is 3. The molecule has 1 heterocycles. The van der Waals surface area contributed by atoms with Crippen molar-refractivity contribution in [3.8, 4) is 0 Å². The van der Waals surface area contributed by atoms with Crippen molar-refractivity contribution in [3.63, 3.8) is 0 Å². The standard InChI is InChI=1S/C10H20N2O2/c1-7(13)10(2,3)12-9(14)8-5-4-6-11-8/h7-8,11,13H,4-6H2,1-3H3,(H,12,14)/t7?,8-/m0/s1. The van der Waals surface area contributed by atoms with Crippen LogP contribution in [0.4, 0.5) is 0 Å². The summed E-state index contributed by atoms with van der Waals surface area (Å²) in [5.74, 6) is -0.00611. The lowest BCUT2D eigenvalue weighted by molar-refractivity contribution is -0.125. The SMILES string of the molecule is CC(O)C(C)(C)NC(=O)[C@@H]1CCCN1. The molecule has 0 aromatic carbocycles. The summed E-state index contributed by atoms with van der Waals surface area (Å²) < 4.78 is 0. The van der Waals surface area contributed by atoms with Gasteiger partial charge in [0.05, 0.1) is 17.7 Å². The predicted molar refractivity (Wildman–Crippen MR) is 54.9 cm³/mol. The van der Waals surface area contributed by atoms with Crippen LogP contribution >= 0.6 is 0 Å². The molecule has 1 saturated heterocycles. The summed E-state index contributed by atoms with van der Waals surface area (Å²) in [4.78, 5) is 11.7. The Morgan fingerprint density at radius 2 is 2.29 bits per heavy atom. The zero-order valence-electron chi connectivity index (χ0n) is 9.13. The molecule has 2 atom stereocenters. The Morgan fingerprint density at radius 3 is 2.71 bits per heavy atom. The van der Waals surface area contributed by atoms with E-state index >= 15 is 0 Å². The van der Waals surface area contributed by atoms with Crippen LogP contribution < -0.4 is 10.6 Å².